The monoisotopic (exact) mass is 381 g/mol. The molecule has 0 aliphatic rings. The lowest BCUT2D eigenvalue weighted by atomic mass is 10.1. The molecule has 0 radical (unpaired) electrons. The van der Waals surface area contributed by atoms with Crippen LogP contribution >= 0.6 is 11.3 Å². The van der Waals surface area contributed by atoms with E-state index in [0.29, 0.717) is 5.56 Å². The molecule has 142 valence electrons. The summed E-state index contributed by atoms with van der Waals surface area (Å²) in [5, 5.41) is 6.79. The van der Waals surface area contributed by atoms with Gasteiger partial charge in [-0.1, -0.05) is 51.0 Å². The number of benzene rings is 1. The van der Waals surface area contributed by atoms with Gasteiger partial charge in [0.25, 0.3) is 5.91 Å². The number of amides is 1. The first kappa shape index (κ1) is 19.4. The Bertz CT molecular complexity index is 832. The van der Waals surface area contributed by atoms with Crippen molar-refractivity contribution in [3.8, 4) is 16.3 Å². The number of carbonyl (C=O) groups excluding carboxylic acids is 1. The van der Waals surface area contributed by atoms with Crippen molar-refractivity contribution in [3.63, 3.8) is 0 Å². The Morgan fingerprint density at radius 3 is 2.33 bits per heavy atom. The first-order chi connectivity index (χ1) is 13.2. The summed E-state index contributed by atoms with van der Waals surface area (Å²) in [4.78, 5) is 16.4. The maximum Gasteiger partial charge on any atom is 0.257 e. The van der Waals surface area contributed by atoms with Gasteiger partial charge in [0.15, 0.2) is 0 Å². The number of para-hydroxylation sites is 1. The molecule has 1 aromatic carbocycles. The van der Waals surface area contributed by atoms with Gasteiger partial charge in [0.2, 0.25) is 0 Å². The van der Waals surface area contributed by atoms with Crippen LogP contribution in [0.4, 0.5) is 0 Å². The van der Waals surface area contributed by atoms with Crippen molar-refractivity contribution in [1.29, 1.82) is 0 Å². The number of hydrogen-bond donors (Lipinski definition) is 0. The van der Waals surface area contributed by atoms with Gasteiger partial charge in [0.1, 0.15) is 5.69 Å². The number of rotatable bonds is 9. The van der Waals surface area contributed by atoms with Crippen molar-refractivity contribution in [2.24, 2.45) is 0 Å². The Morgan fingerprint density at radius 2 is 1.74 bits per heavy atom. The number of thiophene rings is 1. The minimum atomic E-state index is 0.0856. The van der Waals surface area contributed by atoms with E-state index >= 15 is 0 Å². The van der Waals surface area contributed by atoms with Gasteiger partial charge in [-0.3, -0.25) is 4.79 Å². The molecule has 2 heterocycles. The minimum Gasteiger partial charge on any atom is -0.339 e. The fourth-order valence-corrected chi connectivity index (χ4v) is 3.75. The number of nitrogens with zero attached hydrogens (tertiary/aromatic N) is 3. The third-order valence-corrected chi connectivity index (χ3v) is 5.45. The molecule has 0 saturated carbocycles. The lowest BCUT2D eigenvalue weighted by molar-refractivity contribution is 0.0752. The molecule has 0 saturated heterocycles. The zero-order valence-electron chi connectivity index (χ0n) is 16.1. The number of unbranched alkanes of at least 4 members (excludes halogenated alkanes) is 2. The van der Waals surface area contributed by atoms with Gasteiger partial charge in [-0.2, -0.15) is 5.10 Å². The Hall–Kier alpha value is -2.40. The summed E-state index contributed by atoms with van der Waals surface area (Å²) in [6.07, 6.45) is 6.10. The molecule has 0 aliphatic heterocycles. The van der Waals surface area contributed by atoms with Gasteiger partial charge in [-0.15, -0.1) is 11.3 Å². The van der Waals surface area contributed by atoms with Gasteiger partial charge in [0.05, 0.1) is 16.1 Å². The standard InChI is InChI=1S/C22H27N3OS/c1-3-5-14-24(15-6-4-2)22(26)19-17-25(18-11-8-7-9-12-18)23-21(19)20-13-10-16-27-20/h7-13,16-17H,3-6,14-15H2,1-2H3. The van der Waals surface area contributed by atoms with Crippen LogP contribution in [-0.2, 0) is 0 Å². The van der Waals surface area contributed by atoms with E-state index < -0.39 is 0 Å². The molecule has 1 amide bonds. The predicted octanol–water partition coefficient (Wildman–Crippen LogP) is 5.64. The van der Waals surface area contributed by atoms with Crippen molar-refractivity contribution >= 4 is 17.2 Å². The first-order valence-corrected chi connectivity index (χ1v) is 10.6. The molecule has 0 spiro atoms. The lowest BCUT2D eigenvalue weighted by Gasteiger charge is -2.22. The Morgan fingerprint density at radius 1 is 1.04 bits per heavy atom. The maximum atomic E-state index is 13.4. The third-order valence-electron chi connectivity index (χ3n) is 4.57. The number of carbonyl (C=O) groups is 1. The molecule has 0 fully saturated rings. The highest BCUT2D eigenvalue weighted by Crippen LogP contribution is 2.29. The fraction of sp³-hybridized carbons (Fsp3) is 0.364. The van der Waals surface area contributed by atoms with Gasteiger partial charge in [0, 0.05) is 19.3 Å². The van der Waals surface area contributed by atoms with Crippen LogP contribution in [-0.4, -0.2) is 33.7 Å². The quantitative estimate of drug-likeness (QED) is 0.481. The van der Waals surface area contributed by atoms with E-state index in [2.05, 4.69) is 13.8 Å². The van der Waals surface area contributed by atoms with Crippen LogP contribution in [0.5, 0.6) is 0 Å². The second kappa shape index (κ2) is 9.51. The highest BCUT2D eigenvalue weighted by Gasteiger charge is 2.23. The van der Waals surface area contributed by atoms with Gasteiger partial charge >= 0.3 is 0 Å². The van der Waals surface area contributed by atoms with E-state index in [4.69, 9.17) is 5.10 Å². The van der Waals surface area contributed by atoms with E-state index in [0.717, 1.165) is 55.0 Å². The normalized spacial score (nSPS) is 10.9. The molecule has 4 nitrogen and oxygen atoms in total. The number of hydrogen-bond acceptors (Lipinski definition) is 3. The molecule has 3 rings (SSSR count). The molecular weight excluding hydrogens is 354 g/mol. The maximum absolute atomic E-state index is 13.4. The van der Waals surface area contributed by atoms with Crippen LogP contribution in [0.3, 0.4) is 0 Å². The van der Waals surface area contributed by atoms with Crippen molar-refractivity contribution in [2.45, 2.75) is 39.5 Å². The Balaban J connectivity index is 1.98. The van der Waals surface area contributed by atoms with E-state index in [-0.39, 0.29) is 5.91 Å². The molecule has 5 heteroatoms. The second-order valence-electron chi connectivity index (χ2n) is 6.65. The van der Waals surface area contributed by atoms with Gasteiger partial charge in [-0.05, 0) is 36.4 Å². The van der Waals surface area contributed by atoms with Crippen LogP contribution in [0.2, 0.25) is 0 Å². The van der Waals surface area contributed by atoms with Crippen molar-refractivity contribution in [2.75, 3.05) is 13.1 Å². The Kier molecular flexibility index (Phi) is 6.82. The summed E-state index contributed by atoms with van der Waals surface area (Å²) < 4.78 is 1.82. The minimum absolute atomic E-state index is 0.0856. The van der Waals surface area contributed by atoms with E-state index in [1.165, 1.54) is 0 Å². The smallest absolute Gasteiger partial charge is 0.257 e. The largest absolute Gasteiger partial charge is 0.339 e. The SMILES string of the molecule is CCCCN(CCCC)C(=O)c1cn(-c2ccccc2)nc1-c1cccs1. The number of aromatic nitrogens is 2. The van der Waals surface area contributed by atoms with E-state index in [1.807, 2.05) is 63.6 Å². The Labute approximate surface area is 165 Å². The average molecular weight is 382 g/mol. The zero-order chi connectivity index (χ0) is 19.1. The van der Waals surface area contributed by atoms with E-state index in [1.54, 1.807) is 11.3 Å². The van der Waals surface area contributed by atoms with Crippen molar-refractivity contribution < 1.29 is 4.79 Å². The van der Waals surface area contributed by atoms with Crippen molar-refractivity contribution in [1.82, 2.24) is 14.7 Å². The van der Waals surface area contributed by atoms with Crippen LogP contribution in [0.15, 0.2) is 54.0 Å². The van der Waals surface area contributed by atoms with Crippen molar-refractivity contribution in [3.05, 3.63) is 59.6 Å². The van der Waals surface area contributed by atoms with E-state index in [9.17, 15) is 4.79 Å². The predicted molar refractivity (Wildman–Crippen MR) is 113 cm³/mol. The van der Waals surface area contributed by atoms with Crippen LogP contribution in [0.25, 0.3) is 16.3 Å². The summed E-state index contributed by atoms with van der Waals surface area (Å²) >= 11 is 1.62. The van der Waals surface area contributed by atoms with Crippen LogP contribution < -0.4 is 0 Å². The third kappa shape index (κ3) is 4.66. The highest BCUT2D eigenvalue weighted by atomic mass is 32.1. The molecule has 0 N–H and O–H groups in total. The molecule has 0 unspecified atom stereocenters. The highest BCUT2D eigenvalue weighted by molar-refractivity contribution is 7.13. The molecule has 0 aliphatic carbocycles. The summed E-state index contributed by atoms with van der Waals surface area (Å²) in [5.74, 6) is 0.0856. The summed E-state index contributed by atoms with van der Waals surface area (Å²) in [6, 6.07) is 14.0. The topological polar surface area (TPSA) is 38.1 Å². The van der Waals surface area contributed by atoms with Gasteiger partial charge < -0.3 is 4.90 Å². The molecule has 0 atom stereocenters. The first-order valence-electron chi connectivity index (χ1n) is 9.72. The lowest BCUT2D eigenvalue weighted by Crippen LogP contribution is -2.33. The molecule has 3 aromatic rings. The summed E-state index contributed by atoms with van der Waals surface area (Å²) in [6.45, 7) is 5.92. The van der Waals surface area contributed by atoms with Gasteiger partial charge in [-0.25, -0.2) is 4.68 Å². The van der Waals surface area contributed by atoms with Crippen LogP contribution in [0.1, 0.15) is 49.9 Å². The summed E-state index contributed by atoms with van der Waals surface area (Å²) in [5.41, 5.74) is 2.42. The molecule has 2 aromatic heterocycles. The average Bonchev–Trinajstić information content (AvgIpc) is 3.38. The second-order valence-corrected chi connectivity index (χ2v) is 7.60. The fourth-order valence-electron chi connectivity index (χ4n) is 3.02. The molecule has 27 heavy (non-hydrogen) atoms. The molecule has 0 bridgehead atoms. The zero-order valence-corrected chi connectivity index (χ0v) is 16.9. The summed E-state index contributed by atoms with van der Waals surface area (Å²) in [7, 11) is 0. The van der Waals surface area contributed by atoms with Crippen LogP contribution in [0, 0.1) is 0 Å². The molecular formula is C22H27N3OS.